The Morgan fingerprint density at radius 3 is 2.29 bits per heavy atom. The van der Waals surface area contributed by atoms with Gasteiger partial charge < -0.3 is 21.1 Å². The van der Waals surface area contributed by atoms with E-state index in [2.05, 4.69) is 0 Å². The topological polar surface area (TPSA) is 98.7 Å². The quantitative estimate of drug-likeness (QED) is 0.776. The fourth-order valence-electron chi connectivity index (χ4n) is 3.45. The van der Waals surface area contributed by atoms with Crippen molar-refractivity contribution < 1.29 is 14.3 Å². The Morgan fingerprint density at radius 1 is 1.29 bits per heavy atom. The van der Waals surface area contributed by atoms with Gasteiger partial charge in [-0.15, -0.1) is 0 Å². The molecule has 1 saturated heterocycles. The van der Waals surface area contributed by atoms with Gasteiger partial charge in [0.05, 0.1) is 6.10 Å². The number of amides is 2. The van der Waals surface area contributed by atoms with Crippen molar-refractivity contribution in [2.24, 2.45) is 22.8 Å². The standard InChI is InChI=1S/C15H27N3O3/c1-4-21-11-9-15(17,14(11,2)3)13(20)18-7-5-10(6-8-18)12(16)19/h10-11H,4-9,17H2,1-3H3,(H2,16,19). The lowest BCUT2D eigenvalue weighted by Crippen LogP contribution is -2.76. The molecule has 1 aliphatic heterocycles. The maximum Gasteiger partial charge on any atom is 0.243 e. The molecule has 1 aliphatic carbocycles. The monoisotopic (exact) mass is 297 g/mol. The molecule has 2 amide bonds. The number of nitrogens with two attached hydrogens (primary N) is 2. The summed E-state index contributed by atoms with van der Waals surface area (Å²) in [6, 6.07) is 0. The Balaban J connectivity index is 2.00. The number of nitrogens with zero attached hydrogens (tertiary/aromatic N) is 1. The van der Waals surface area contributed by atoms with Crippen LogP contribution in [0.25, 0.3) is 0 Å². The van der Waals surface area contributed by atoms with E-state index in [0.29, 0.717) is 39.0 Å². The molecule has 6 nitrogen and oxygen atoms in total. The molecule has 0 bridgehead atoms. The van der Waals surface area contributed by atoms with Gasteiger partial charge in [-0.05, 0) is 19.8 Å². The van der Waals surface area contributed by atoms with Crippen LogP contribution in [-0.2, 0) is 14.3 Å². The van der Waals surface area contributed by atoms with Crippen molar-refractivity contribution in [2.75, 3.05) is 19.7 Å². The van der Waals surface area contributed by atoms with Gasteiger partial charge in [-0.1, -0.05) is 13.8 Å². The van der Waals surface area contributed by atoms with Crippen molar-refractivity contribution in [3.8, 4) is 0 Å². The van der Waals surface area contributed by atoms with Crippen LogP contribution in [0.15, 0.2) is 0 Å². The average molecular weight is 297 g/mol. The van der Waals surface area contributed by atoms with Crippen LogP contribution in [0.1, 0.15) is 40.0 Å². The third kappa shape index (κ3) is 2.55. The number of hydrogen-bond acceptors (Lipinski definition) is 4. The van der Waals surface area contributed by atoms with Crippen LogP contribution in [0.4, 0.5) is 0 Å². The maximum absolute atomic E-state index is 12.8. The third-order valence-corrected chi connectivity index (χ3v) is 5.40. The van der Waals surface area contributed by atoms with Crippen molar-refractivity contribution >= 4 is 11.8 Å². The fourth-order valence-corrected chi connectivity index (χ4v) is 3.45. The summed E-state index contributed by atoms with van der Waals surface area (Å²) in [5, 5.41) is 0. The van der Waals surface area contributed by atoms with Gasteiger partial charge in [-0.25, -0.2) is 0 Å². The number of primary amides is 1. The highest BCUT2D eigenvalue weighted by atomic mass is 16.5. The lowest BCUT2D eigenvalue weighted by molar-refractivity contribution is -0.180. The van der Waals surface area contributed by atoms with Crippen molar-refractivity contribution in [3.05, 3.63) is 0 Å². The predicted octanol–water partition coefficient (Wildman–Crippen LogP) is 0.243. The Labute approximate surface area is 126 Å². The number of rotatable bonds is 4. The Hall–Kier alpha value is -1.14. The molecule has 6 heteroatoms. The fraction of sp³-hybridized carbons (Fsp3) is 0.867. The molecule has 1 heterocycles. The van der Waals surface area contributed by atoms with Gasteiger partial charge in [0.25, 0.3) is 0 Å². The Bertz CT molecular complexity index is 430. The summed E-state index contributed by atoms with van der Waals surface area (Å²) >= 11 is 0. The molecule has 21 heavy (non-hydrogen) atoms. The molecule has 0 aromatic heterocycles. The Kier molecular flexibility index (Phi) is 4.31. The molecule has 0 aromatic rings. The summed E-state index contributed by atoms with van der Waals surface area (Å²) in [7, 11) is 0. The van der Waals surface area contributed by atoms with Crippen LogP contribution >= 0.6 is 0 Å². The number of carbonyl (C=O) groups excluding carboxylic acids is 2. The summed E-state index contributed by atoms with van der Waals surface area (Å²) < 4.78 is 5.66. The molecule has 1 saturated carbocycles. The van der Waals surface area contributed by atoms with Crippen LogP contribution < -0.4 is 11.5 Å². The Morgan fingerprint density at radius 2 is 1.86 bits per heavy atom. The number of hydrogen-bond donors (Lipinski definition) is 2. The van der Waals surface area contributed by atoms with Crippen LogP contribution in [0, 0.1) is 11.3 Å². The van der Waals surface area contributed by atoms with E-state index in [1.165, 1.54) is 0 Å². The predicted molar refractivity (Wildman–Crippen MR) is 79.2 cm³/mol. The molecule has 2 fully saturated rings. The highest BCUT2D eigenvalue weighted by Crippen LogP contribution is 2.50. The summed E-state index contributed by atoms with van der Waals surface area (Å²) in [4.78, 5) is 25.7. The SMILES string of the molecule is CCOC1CC(N)(C(=O)N2CCC(C(N)=O)CC2)C1(C)C. The zero-order valence-electron chi connectivity index (χ0n) is 13.2. The van der Waals surface area contributed by atoms with E-state index in [1.807, 2.05) is 20.8 Å². The highest BCUT2D eigenvalue weighted by Gasteiger charge is 2.63. The average Bonchev–Trinajstić information content (AvgIpc) is 2.46. The molecule has 120 valence electrons. The first kappa shape index (κ1) is 16.2. The van der Waals surface area contributed by atoms with Crippen molar-refractivity contribution in [1.82, 2.24) is 4.90 Å². The minimum atomic E-state index is -0.869. The molecular weight excluding hydrogens is 270 g/mol. The zero-order valence-corrected chi connectivity index (χ0v) is 13.2. The van der Waals surface area contributed by atoms with Gasteiger partial charge in [-0.3, -0.25) is 9.59 Å². The van der Waals surface area contributed by atoms with Crippen molar-refractivity contribution in [3.63, 3.8) is 0 Å². The van der Waals surface area contributed by atoms with E-state index in [-0.39, 0.29) is 29.3 Å². The molecule has 2 rings (SSSR count). The second kappa shape index (κ2) is 5.57. The van der Waals surface area contributed by atoms with E-state index in [9.17, 15) is 9.59 Å². The second-order valence-electron chi connectivity index (χ2n) is 6.81. The van der Waals surface area contributed by atoms with E-state index in [4.69, 9.17) is 16.2 Å². The maximum atomic E-state index is 12.8. The molecule has 2 unspecified atom stereocenters. The highest BCUT2D eigenvalue weighted by molar-refractivity contribution is 5.89. The van der Waals surface area contributed by atoms with Crippen LogP contribution in [0.2, 0.25) is 0 Å². The summed E-state index contributed by atoms with van der Waals surface area (Å²) in [6.07, 6.45) is 1.85. The number of ether oxygens (including phenoxy) is 1. The van der Waals surface area contributed by atoms with Crippen molar-refractivity contribution in [2.45, 2.75) is 51.7 Å². The first-order chi connectivity index (χ1) is 9.74. The van der Waals surface area contributed by atoms with E-state index < -0.39 is 5.54 Å². The lowest BCUT2D eigenvalue weighted by atomic mass is 9.54. The summed E-state index contributed by atoms with van der Waals surface area (Å²) in [5.74, 6) is -0.412. The smallest absolute Gasteiger partial charge is 0.243 e. The summed E-state index contributed by atoms with van der Waals surface area (Å²) in [6.45, 7) is 7.67. The van der Waals surface area contributed by atoms with Gasteiger partial charge in [0.2, 0.25) is 11.8 Å². The van der Waals surface area contributed by atoms with Crippen molar-refractivity contribution in [1.29, 1.82) is 0 Å². The largest absolute Gasteiger partial charge is 0.378 e. The molecule has 2 atom stereocenters. The molecule has 2 aliphatic rings. The second-order valence-corrected chi connectivity index (χ2v) is 6.81. The molecule has 4 N–H and O–H groups in total. The lowest BCUT2D eigenvalue weighted by Gasteiger charge is -2.59. The van der Waals surface area contributed by atoms with Gasteiger partial charge in [0, 0.05) is 37.5 Å². The first-order valence-corrected chi connectivity index (χ1v) is 7.73. The molecule has 0 aromatic carbocycles. The van der Waals surface area contributed by atoms with Gasteiger partial charge in [-0.2, -0.15) is 0 Å². The van der Waals surface area contributed by atoms with Gasteiger partial charge in [0.15, 0.2) is 0 Å². The van der Waals surface area contributed by atoms with Crippen LogP contribution in [0.3, 0.4) is 0 Å². The van der Waals surface area contributed by atoms with Gasteiger partial charge in [0.1, 0.15) is 5.54 Å². The summed E-state index contributed by atoms with van der Waals surface area (Å²) in [5.41, 5.74) is 10.5. The van der Waals surface area contributed by atoms with Crippen LogP contribution in [-0.4, -0.2) is 48.1 Å². The third-order valence-electron chi connectivity index (χ3n) is 5.40. The van der Waals surface area contributed by atoms with Crippen LogP contribution in [0.5, 0.6) is 0 Å². The van der Waals surface area contributed by atoms with Gasteiger partial charge >= 0.3 is 0 Å². The number of carbonyl (C=O) groups is 2. The minimum absolute atomic E-state index is 0.0219. The first-order valence-electron chi connectivity index (χ1n) is 7.73. The molecular formula is C15H27N3O3. The van der Waals surface area contributed by atoms with E-state index in [0.717, 1.165) is 0 Å². The number of piperidine rings is 1. The zero-order chi connectivity index (χ0) is 15.8. The number of likely N-dealkylation sites (tertiary alicyclic amines) is 1. The van der Waals surface area contributed by atoms with E-state index in [1.54, 1.807) is 4.90 Å². The van der Waals surface area contributed by atoms with E-state index >= 15 is 0 Å². The molecule has 0 radical (unpaired) electrons. The molecule has 0 spiro atoms. The normalized spacial score (nSPS) is 32.6. The minimum Gasteiger partial charge on any atom is -0.378 e.